The molecule has 5 heteroatoms. The Hall–Kier alpha value is -2.37. The minimum Gasteiger partial charge on any atom is -0.507 e. The Balaban J connectivity index is 1.86. The number of ether oxygens (including phenoxy) is 1. The van der Waals surface area contributed by atoms with Gasteiger partial charge in [0.2, 0.25) is 0 Å². The van der Waals surface area contributed by atoms with E-state index in [0.29, 0.717) is 23.1 Å². The van der Waals surface area contributed by atoms with Crippen molar-refractivity contribution in [2.75, 3.05) is 13.1 Å². The van der Waals surface area contributed by atoms with Gasteiger partial charge in [-0.1, -0.05) is 18.2 Å². The minimum atomic E-state index is -0.367. The van der Waals surface area contributed by atoms with Gasteiger partial charge in [-0.2, -0.15) is 0 Å². The molecule has 1 aliphatic heterocycles. The van der Waals surface area contributed by atoms with Crippen LogP contribution in [-0.4, -0.2) is 30.4 Å². The van der Waals surface area contributed by atoms with Gasteiger partial charge in [-0.25, -0.2) is 4.79 Å². The average molecular weight is 340 g/mol. The van der Waals surface area contributed by atoms with Gasteiger partial charge in [0.1, 0.15) is 37.6 Å². The van der Waals surface area contributed by atoms with Gasteiger partial charge in [0.15, 0.2) is 5.58 Å². The number of phenols is 1. The third kappa shape index (κ3) is 2.90. The molecule has 130 valence electrons. The first kappa shape index (κ1) is 16.1. The molecule has 0 spiro atoms. The molecule has 2 aromatic carbocycles. The number of phenolic OH excluding ortho intramolecular Hbond substituents is 1. The van der Waals surface area contributed by atoms with Gasteiger partial charge >= 0.3 is 5.63 Å². The average Bonchev–Trinajstić information content (AvgIpc) is 2.57. The third-order valence-electron chi connectivity index (χ3n) is 4.91. The van der Waals surface area contributed by atoms with Gasteiger partial charge in [0.05, 0.1) is 10.9 Å². The molecule has 2 atom stereocenters. The van der Waals surface area contributed by atoms with Gasteiger partial charge in [0, 0.05) is 5.39 Å². The van der Waals surface area contributed by atoms with Gasteiger partial charge < -0.3 is 19.2 Å². The Labute approximate surface area is 145 Å². The minimum absolute atomic E-state index is 0.170. The van der Waals surface area contributed by atoms with Crippen molar-refractivity contribution in [3.8, 4) is 5.75 Å². The molecule has 25 heavy (non-hydrogen) atoms. The second-order valence-electron chi connectivity index (χ2n) is 6.97. The van der Waals surface area contributed by atoms with Crippen molar-refractivity contribution >= 4 is 21.7 Å². The fourth-order valence-corrected chi connectivity index (χ4v) is 3.94. The number of nitrogens with one attached hydrogen (secondary N) is 1. The molecule has 0 saturated carbocycles. The van der Waals surface area contributed by atoms with Crippen LogP contribution in [0, 0.1) is 0 Å². The van der Waals surface area contributed by atoms with Gasteiger partial charge in [-0.05, 0) is 37.4 Å². The van der Waals surface area contributed by atoms with Crippen LogP contribution in [0.2, 0.25) is 0 Å². The first-order valence-corrected chi connectivity index (χ1v) is 8.68. The number of fused-ring (bicyclic) bond motifs is 3. The first-order valence-electron chi connectivity index (χ1n) is 8.68. The summed E-state index contributed by atoms with van der Waals surface area (Å²) in [4.78, 5) is 13.7. The number of benzene rings is 2. The summed E-state index contributed by atoms with van der Waals surface area (Å²) in [7, 11) is 0. The van der Waals surface area contributed by atoms with Crippen molar-refractivity contribution in [2.45, 2.75) is 32.6 Å². The van der Waals surface area contributed by atoms with Gasteiger partial charge in [-0.15, -0.1) is 0 Å². The molecule has 0 aliphatic carbocycles. The van der Waals surface area contributed by atoms with Crippen molar-refractivity contribution < 1.29 is 19.2 Å². The van der Waals surface area contributed by atoms with Crippen LogP contribution in [0.1, 0.15) is 19.4 Å². The second-order valence-corrected chi connectivity index (χ2v) is 6.97. The van der Waals surface area contributed by atoms with Crippen LogP contribution in [0.5, 0.6) is 5.75 Å². The number of hydrogen-bond donors (Lipinski definition) is 2. The molecule has 0 unspecified atom stereocenters. The maximum absolute atomic E-state index is 12.4. The number of quaternary nitrogens is 1. The van der Waals surface area contributed by atoms with Crippen LogP contribution in [-0.2, 0) is 11.3 Å². The van der Waals surface area contributed by atoms with E-state index in [4.69, 9.17) is 9.15 Å². The predicted molar refractivity (Wildman–Crippen MR) is 96.1 cm³/mol. The molecule has 1 aliphatic rings. The van der Waals surface area contributed by atoms with Crippen LogP contribution >= 0.6 is 0 Å². The molecule has 2 heterocycles. The Kier molecular flexibility index (Phi) is 3.98. The van der Waals surface area contributed by atoms with Crippen molar-refractivity contribution in [1.82, 2.24) is 0 Å². The van der Waals surface area contributed by atoms with E-state index in [9.17, 15) is 9.90 Å². The highest BCUT2D eigenvalue weighted by Gasteiger charge is 2.27. The summed E-state index contributed by atoms with van der Waals surface area (Å²) in [5.41, 5.74) is 0.813. The SMILES string of the molecule is C[C@@H]1C[NH+](Cc2c(O)ccc3c2oc(=O)c2ccccc23)C[C@@H](C)O1. The molecular weight excluding hydrogens is 318 g/mol. The summed E-state index contributed by atoms with van der Waals surface area (Å²) < 4.78 is 11.4. The molecule has 0 amide bonds. The summed E-state index contributed by atoms with van der Waals surface area (Å²) in [5, 5.41) is 12.7. The predicted octanol–water partition coefficient (Wildman–Crippen LogP) is 1.84. The van der Waals surface area contributed by atoms with E-state index >= 15 is 0 Å². The first-order chi connectivity index (χ1) is 12.0. The molecule has 5 nitrogen and oxygen atoms in total. The number of rotatable bonds is 2. The van der Waals surface area contributed by atoms with E-state index in [2.05, 4.69) is 13.8 Å². The lowest BCUT2D eigenvalue weighted by Crippen LogP contribution is -3.14. The van der Waals surface area contributed by atoms with Crippen LogP contribution in [0.4, 0.5) is 0 Å². The fraction of sp³-hybridized carbons (Fsp3) is 0.350. The van der Waals surface area contributed by atoms with Crippen molar-refractivity contribution in [3.63, 3.8) is 0 Å². The van der Waals surface area contributed by atoms with Crippen LogP contribution in [0.3, 0.4) is 0 Å². The summed E-state index contributed by atoms with van der Waals surface area (Å²) in [6, 6.07) is 10.9. The highest BCUT2D eigenvalue weighted by Crippen LogP contribution is 2.30. The molecule has 0 radical (unpaired) electrons. The van der Waals surface area contributed by atoms with E-state index in [-0.39, 0.29) is 23.6 Å². The smallest absolute Gasteiger partial charge is 0.344 e. The highest BCUT2D eigenvalue weighted by atomic mass is 16.5. The zero-order valence-corrected chi connectivity index (χ0v) is 14.4. The van der Waals surface area contributed by atoms with Crippen molar-refractivity contribution in [1.29, 1.82) is 0 Å². The molecule has 4 rings (SSSR count). The van der Waals surface area contributed by atoms with E-state index in [1.165, 1.54) is 4.90 Å². The zero-order valence-electron chi connectivity index (χ0n) is 14.4. The standard InChI is InChI=1S/C20H21NO4/c1-12-9-21(10-13(2)24-12)11-17-18(22)8-7-15-14-5-3-4-6-16(14)20(23)25-19(15)17/h3-8,12-13,22H,9-11H2,1-2H3/p+1/t12-,13-/m1/s1. The Morgan fingerprint density at radius 2 is 1.72 bits per heavy atom. The van der Waals surface area contributed by atoms with Crippen LogP contribution in [0.15, 0.2) is 45.6 Å². The largest absolute Gasteiger partial charge is 0.507 e. The number of aromatic hydroxyl groups is 1. The summed E-state index contributed by atoms with van der Waals surface area (Å²) in [5.74, 6) is 0.172. The normalized spacial score (nSPS) is 24.0. The molecule has 1 saturated heterocycles. The number of morpholine rings is 1. The van der Waals surface area contributed by atoms with E-state index in [1.807, 2.05) is 24.3 Å². The van der Waals surface area contributed by atoms with E-state index in [1.54, 1.807) is 12.1 Å². The Morgan fingerprint density at radius 3 is 2.44 bits per heavy atom. The fourth-order valence-electron chi connectivity index (χ4n) is 3.94. The molecule has 2 N–H and O–H groups in total. The molecular formula is C20H22NO4+. The van der Waals surface area contributed by atoms with Gasteiger partial charge in [-0.3, -0.25) is 0 Å². The van der Waals surface area contributed by atoms with Crippen molar-refractivity contribution in [3.05, 3.63) is 52.4 Å². The molecule has 1 fully saturated rings. The summed E-state index contributed by atoms with van der Waals surface area (Å²) >= 11 is 0. The zero-order chi connectivity index (χ0) is 17.6. The lowest BCUT2D eigenvalue weighted by molar-refractivity contribution is -0.928. The maximum atomic E-state index is 12.4. The Bertz CT molecular complexity index is 984. The third-order valence-corrected chi connectivity index (χ3v) is 4.91. The molecule has 0 bridgehead atoms. The monoisotopic (exact) mass is 340 g/mol. The quantitative estimate of drug-likeness (QED) is 0.552. The van der Waals surface area contributed by atoms with E-state index < -0.39 is 0 Å². The van der Waals surface area contributed by atoms with Gasteiger partial charge in [0.25, 0.3) is 0 Å². The van der Waals surface area contributed by atoms with E-state index in [0.717, 1.165) is 23.9 Å². The maximum Gasteiger partial charge on any atom is 0.344 e. The lowest BCUT2D eigenvalue weighted by atomic mass is 10.0. The molecule has 3 aromatic rings. The summed E-state index contributed by atoms with van der Waals surface area (Å²) in [6.45, 7) is 6.44. The Morgan fingerprint density at radius 1 is 1.04 bits per heavy atom. The summed E-state index contributed by atoms with van der Waals surface area (Å²) in [6.07, 6.45) is 0.340. The lowest BCUT2D eigenvalue weighted by Gasteiger charge is -2.32. The topological polar surface area (TPSA) is 64.1 Å². The number of hydrogen-bond acceptors (Lipinski definition) is 4. The van der Waals surface area contributed by atoms with Crippen LogP contribution in [0.25, 0.3) is 21.7 Å². The van der Waals surface area contributed by atoms with Crippen LogP contribution < -0.4 is 10.5 Å². The second kappa shape index (κ2) is 6.17. The molecule has 1 aromatic heterocycles. The van der Waals surface area contributed by atoms with Crippen molar-refractivity contribution in [2.24, 2.45) is 0 Å². The highest BCUT2D eigenvalue weighted by molar-refractivity contribution is 6.05.